The third-order valence-electron chi connectivity index (χ3n) is 3.37. The van der Waals surface area contributed by atoms with Crippen molar-refractivity contribution in [2.24, 2.45) is 11.3 Å². The molecule has 16 heavy (non-hydrogen) atoms. The van der Waals surface area contributed by atoms with Gasteiger partial charge < -0.3 is 4.90 Å². The molecule has 1 aliphatic heterocycles. The molecule has 0 N–H and O–H groups in total. The highest BCUT2D eigenvalue weighted by Gasteiger charge is 2.34. The van der Waals surface area contributed by atoms with Crippen LogP contribution in [0.2, 0.25) is 0 Å². The van der Waals surface area contributed by atoms with Crippen LogP contribution in [0, 0.1) is 11.3 Å². The molecule has 0 aromatic carbocycles. The molecule has 1 amide bonds. The summed E-state index contributed by atoms with van der Waals surface area (Å²) in [6.45, 7) is 6.89. The molecule has 0 radical (unpaired) electrons. The standard InChI is InChI=1S/C14H21NO/c1-14(2,3)13(16)15-10-6-8-11-7-4-5-9-12(11)15/h4-5,9,11H,6-8,10H2,1-3H3. The van der Waals surface area contributed by atoms with E-state index in [-0.39, 0.29) is 11.3 Å². The van der Waals surface area contributed by atoms with Crippen molar-refractivity contribution in [1.29, 1.82) is 0 Å². The predicted molar refractivity (Wildman–Crippen MR) is 65.7 cm³/mol. The first-order valence-electron chi connectivity index (χ1n) is 6.19. The second-order valence-electron chi connectivity index (χ2n) is 5.80. The summed E-state index contributed by atoms with van der Waals surface area (Å²) in [6.07, 6.45) is 9.87. The van der Waals surface area contributed by atoms with Crippen molar-refractivity contribution < 1.29 is 4.79 Å². The number of allylic oxidation sites excluding steroid dienone is 4. The molecule has 1 fully saturated rings. The average Bonchev–Trinajstić information content (AvgIpc) is 2.26. The van der Waals surface area contributed by atoms with E-state index in [1.807, 2.05) is 25.7 Å². The zero-order valence-electron chi connectivity index (χ0n) is 10.5. The van der Waals surface area contributed by atoms with Crippen LogP contribution in [0.25, 0.3) is 0 Å². The quantitative estimate of drug-likeness (QED) is 0.613. The lowest BCUT2D eigenvalue weighted by atomic mass is 9.85. The third kappa shape index (κ3) is 2.06. The van der Waals surface area contributed by atoms with E-state index in [2.05, 4.69) is 18.2 Å². The van der Waals surface area contributed by atoms with E-state index in [1.54, 1.807) is 0 Å². The molecule has 2 aliphatic rings. The number of carbonyl (C=O) groups excluding carboxylic acids is 1. The van der Waals surface area contributed by atoms with Gasteiger partial charge in [0.05, 0.1) is 0 Å². The monoisotopic (exact) mass is 219 g/mol. The van der Waals surface area contributed by atoms with E-state index in [0.29, 0.717) is 5.92 Å². The van der Waals surface area contributed by atoms with E-state index >= 15 is 0 Å². The highest BCUT2D eigenvalue weighted by Crippen LogP contribution is 2.34. The minimum atomic E-state index is -0.274. The normalized spacial score (nSPS) is 25.1. The molecule has 0 bridgehead atoms. The van der Waals surface area contributed by atoms with Gasteiger partial charge in [0, 0.05) is 23.6 Å². The Labute approximate surface area is 98.0 Å². The molecule has 1 unspecified atom stereocenters. The molecule has 2 heteroatoms. The summed E-state index contributed by atoms with van der Waals surface area (Å²) in [5.41, 5.74) is 0.970. The van der Waals surface area contributed by atoms with E-state index in [4.69, 9.17) is 0 Å². The van der Waals surface area contributed by atoms with Gasteiger partial charge in [0.2, 0.25) is 5.91 Å². The first kappa shape index (κ1) is 11.4. The fraction of sp³-hybridized carbons (Fsp3) is 0.643. The molecule has 1 aliphatic carbocycles. The van der Waals surface area contributed by atoms with Crippen LogP contribution in [-0.4, -0.2) is 17.4 Å². The molecule has 88 valence electrons. The lowest BCUT2D eigenvalue weighted by molar-refractivity contribution is -0.138. The summed E-state index contributed by atoms with van der Waals surface area (Å²) < 4.78 is 0. The minimum absolute atomic E-state index is 0.263. The van der Waals surface area contributed by atoms with Crippen molar-refractivity contribution in [3.63, 3.8) is 0 Å². The van der Waals surface area contributed by atoms with Crippen LogP contribution < -0.4 is 0 Å². The number of piperidine rings is 1. The number of rotatable bonds is 0. The van der Waals surface area contributed by atoms with Crippen molar-refractivity contribution in [3.8, 4) is 0 Å². The average molecular weight is 219 g/mol. The van der Waals surface area contributed by atoms with Gasteiger partial charge in [-0.25, -0.2) is 0 Å². The van der Waals surface area contributed by atoms with Crippen molar-refractivity contribution >= 4 is 5.91 Å². The van der Waals surface area contributed by atoms with E-state index in [9.17, 15) is 4.79 Å². The Morgan fingerprint density at radius 1 is 1.44 bits per heavy atom. The van der Waals surface area contributed by atoms with Crippen molar-refractivity contribution in [3.05, 3.63) is 23.9 Å². The van der Waals surface area contributed by atoms with Gasteiger partial charge in [0.25, 0.3) is 0 Å². The Hall–Kier alpha value is -1.05. The fourth-order valence-electron chi connectivity index (χ4n) is 2.49. The van der Waals surface area contributed by atoms with Gasteiger partial charge in [0.15, 0.2) is 0 Å². The maximum absolute atomic E-state index is 12.3. The molecule has 1 atom stereocenters. The number of hydrogen-bond donors (Lipinski definition) is 0. The Kier molecular flexibility index (Phi) is 2.92. The first-order valence-corrected chi connectivity index (χ1v) is 6.19. The van der Waals surface area contributed by atoms with Crippen molar-refractivity contribution in [2.75, 3.05) is 6.54 Å². The van der Waals surface area contributed by atoms with Gasteiger partial charge in [-0.1, -0.05) is 32.9 Å². The maximum Gasteiger partial charge on any atom is 0.232 e. The van der Waals surface area contributed by atoms with Crippen LogP contribution in [0.3, 0.4) is 0 Å². The SMILES string of the molecule is CC(C)(C)C(=O)N1CCCC2CC=CC=C21. The zero-order valence-corrected chi connectivity index (χ0v) is 10.5. The highest BCUT2D eigenvalue weighted by atomic mass is 16.2. The molecule has 1 heterocycles. The molecule has 0 saturated carbocycles. The zero-order chi connectivity index (χ0) is 11.8. The van der Waals surface area contributed by atoms with Crippen LogP contribution in [0.4, 0.5) is 0 Å². The van der Waals surface area contributed by atoms with Crippen molar-refractivity contribution in [2.45, 2.75) is 40.0 Å². The number of amides is 1. The molecule has 0 aromatic rings. The molecule has 1 saturated heterocycles. The Balaban J connectivity index is 2.23. The molecular weight excluding hydrogens is 198 g/mol. The molecule has 2 nitrogen and oxygen atoms in total. The molecule has 0 aromatic heterocycles. The van der Waals surface area contributed by atoms with Crippen LogP contribution in [-0.2, 0) is 4.79 Å². The second-order valence-corrected chi connectivity index (χ2v) is 5.80. The van der Waals surface area contributed by atoms with Crippen LogP contribution >= 0.6 is 0 Å². The number of carbonyl (C=O) groups is 1. The van der Waals surface area contributed by atoms with E-state index in [0.717, 1.165) is 19.4 Å². The van der Waals surface area contributed by atoms with Gasteiger partial charge >= 0.3 is 0 Å². The molecular formula is C14H21NO. The third-order valence-corrected chi connectivity index (χ3v) is 3.37. The summed E-state index contributed by atoms with van der Waals surface area (Å²) in [6, 6.07) is 0. The lowest BCUT2D eigenvalue weighted by Crippen LogP contribution is -2.43. The topological polar surface area (TPSA) is 20.3 Å². The van der Waals surface area contributed by atoms with Crippen LogP contribution in [0.15, 0.2) is 23.9 Å². The Morgan fingerprint density at radius 3 is 2.88 bits per heavy atom. The van der Waals surface area contributed by atoms with Gasteiger partial charge in [0.1, 0.15) is 0 Å². The Morgan fingerprint density at radius 2 is 2.19 bits per heavy atom. The number of fused-ring (bicyclic) bond motifs is 1. The van der Waals surface area contributed by atoms with Crippen LogP contribution in [0.1, 0.15) is 40.0 Å². The number of nitrogens with zero attached hydrogens (tertiary/aromatic N) is 1. The number of hydrogen-bond acceptors (Lipinski definition) is 1. The van der Waals surface area contributed by atoms with Gasteiger partial charge in [-0.15, -0.1) is 0 Å². The van der Waals surface area contributed by atoms with Gasteiger partial charge in [-0.3, -0.25) is 4.79 Å². The fourth-order valence-corrected chi connectivity index (χ4v) is 2.49. The van der Waals surface area contributed by atoms with E-state index in [1.165, 1.54) is 12.1 Å². The summed E-state index contributed by atoms with van der Waals surface area (Å²) in [7, 11) is 0. The smallest absolute Gasteiger partial charge is 0.232 e. The summed E-state index contributed by atoms with van der Waals surface area (Å²) in [4.78, 5) is 14.3. The van der Waals surface area contributed by atoms with Crippen LogP contribution in [0.5, 0.6) is 0 Å². The minimum Gasteiger partial charge on any atom is -0.315 e. The van der Waals surface area contributed by atoms with E-state index < -0.39 is 0 Å². The largest absolute Gasteiger partial charge is 0.315 e. The van der Waals surface area contributed by atoms with Crippen molar-refractivity contribution in [1.82, 2.24) is 4.90 Å². The maximum atomic E-state index is 12.3. The number of likely N-dealkylation sites (tertiary alicyclic amines) is 1. The summed E-state index contributed by atoms with van der Waals surface area (Å²) in [5.74, 6) is 0.837. The molecule has 0 spiro atoms. The first-order chi connectivity index (χ1) is 7.50. The molecule has 2 rings (SSSR count). The van der Waals surface area contributed by atoms with Gasteiger partial charge in [-0.2, -0.15) is 0 Å². The summed E-state index contributed by atoms with van der Waals surface area (Å²) in [5, 5.41) is 0. The van der Waals surface area contributed by atoms with Gasteiger partial charge in [-0.05, 0) is 25.3 Å². The lowest BCUT2D eigenvalue weighted by Gasteiger charge is -2.39. The summed E-state index contributed by atoms with van der Waals surface area (Å²) >= 11 is 0. The Bertz CT molecular complexity index is 346. The predicted octanol–water partition coefficient (Wildman–Crippen LogP) is 3.11. The second kappa shape index (κ2) is 4.08. The highest BCUT2D eigenvalue weighted by molar-refractivity contribution is 5.83.